The van der Waals surface area contributed by atoms with Crippen molar-refractivity contribution in [3.8, 4) is 0 Å². The van der Waals surface area contributed by atoms with Gasteiger partial charge in [-0.05, 0) is 38.3 Å². The van der Waals surface area contributed by atoms with Crippen LogP contribution in [-0.4, -0.2) is 63.3 Å². The van der Waals surface area contributed by atoms with E-state index in [9.17, 15) is 14.7 Å². The minimum atomic E-state index is -1.21. The van der Waals surface area contributed by atoms with E-state index in [1.54, 1.807) is 25.7 Å². The molecule has 1 spiro atoms. The van der Waals surface area contributed by atoms with Gasteiger partial charge >= 0.3 is 12.0 Å². The second kappa shape index (κ2) is 8.93. The first-order valence-electron chi connectivity index (χ1n) is 12.1. The Morgan fingerprint density at radius 2 is 1.63 bits per heavy atom. The van der Waals surface area contributed by atoms with Gasteiger partial charge in [0.1, 0.15) is 17.7 Å². The molecule has 1 saturated carbocycles. The lowest BCUT2D eigenvalue weighted by Crippen LogP contribution is -2.58. The van der Waals surface area contributed by atoms with Gasteiger partial charge in [0.15, 0.2) is 12.0 Å². The fraction of sp³-hybridized carbons (Fsp3) is 0.481. The van der Waals surface area contributed by atoms with E-state index in [-0.39, 0.29) is 32.1 Å². The molecule has 5 atom stereocenters. The van der Waals surface area contributed by atoms with Gasteiger partial charge in [-0.2, -0.15) is 0 Å². The molecule has 35 heavy (non-hydrogen) atoms. The number of benzene rings is 2. The molecule has 3 fully saturated rings. The molecule has 0 radical (unpaired) electrons. The Labute approximate surface area is 205 Å². The van der Waals surface area contributed by atoms with Crippen molar-refractivity contribution in [2.24, 2.45) is 5.92 Å². The number of aliphatic hydroxyl groups is 1. The van der Waals surface area contributed by atoms with Crippen molar-refractivity contribution in [2.75, 3.05) is 6.61 Å². The third-order valence-corrected chi connectivity index (χ3v) is 7.26. The van der Waals surface area contributed by atoms with Crippen LogP contribution in [0.2, 0.25) is 0 Å². The van der Waals surface area contributed by atoms with Crippen LogP contribution >= 0.6 is 0 Å². The lowest BCUT2D eigenvalue weighted by Gasteiger charge is -2.40. The summed E-state index contributed by atoms with van der Waals surface area (Å²) < 4.78 is 17.9. The molecule has 3 aliphatic rings. The average Bonchev–Trinajstić information content (AvgIpc) is 3.39. The molecule has 5 rings (SSSR count). The highest BCUT2D eigenvalue weighted by molar-refractivity contribution is 5.81. The van der Waals surface area contributed by atoms with Crippen molar-refractivity contribution in [1.29, 1.82) is 0 Å². The average molecular weight is 481 g/mol. The lowest BCUT2D eigenvalue weighted by atomic mass is 9.90. The van der Waals surface area contributed by atoms with Crippen LogP contribution in [-0.2, 0) is 32.1 Å². The van der Waals surface area contributed by atoms with Crippen molar-refractivity contribution in [2.45, 2.75) is 70.0 Å². The zero-order valence-corrected chi connectivity index (χ0v) is 20.3. The van der Waals surface area contributed by atoms with E-state index in [1.807, 2.05) is 60.7 Å². The Bertz CT molecular complexity index is 1080. The smallest absolute Gasteiger partial charge is 0.323 e. The molecule has 2 amide bonds. The van der Waals surface area contributed by atoms with E-state index in [2.05, 4.69) is 0 Å². The molecule has 0 aromatic heterocycles. The summed E-state index contributed by atoms with van der Waals surface area (Å²) in [5.74, 6) is -2.04. The fourth-order valence-corrected chi connectivity index (χ4v) is 5.80. The third-order valence-electron chi connectivity index (χ3n) is 7.26. The summed E-state index contributed by atoms with van der Waals surface area (Å²) in [6.45, 7) is 6.07. The van der Waals surface area contributed by atoms with Gasteiger partial charge in [-0.3, -0.25) is 9.69 Å². The first-order valence-corrected chi connectivity index (χ1v) is 12.1. The van der Waals surface area contributed by atoms with Gasteiger partial charge in [0.05, 0.1) is 19.1 Å². The predicted molar refractivity (Wildman–Crippen MR) is 127 cm³/mol. The number of amides is 2. The standard InChI is InChI=1S/C27H32N2O6/c1-4-33-23(30)20-15-27(22-21(20)34-26(2,3)35-22)24(31)28(16-18-11-7-5-8-12-18)25(32)29(27)17-19-13-9-6-10-14-19/h5-14,20-22,24,31H,4,15-17H2,1-3H3/t20-,21-,22-,24+,27+/m0/s1. The normalized spacial score (nSPS) is 31.3. The van der Waals surface area contributed by atoms with Crippen LogP contribution in [0.3, 0.4) is 0 Å². The highest BCUT2D eigenvalue weighted by atomic mass is 16.8. The Balaban J connectivity index is 1.58. The zero-order chi connectivity index (χ0) is 24.8. The van der Waals surface area contributed by atoms with E-state index >= 15 is 0 Å². The Morgan fingerprint density at radius 1 is 1.03 bits per heavy atom. The summed E-state index contributed by atoms with van der Waals surface area (Å²) in [4.78, 5) is 30.1. The quantitative estimate of drug-likeness (QED) is 0.639. The topological polar surface area (TPSA) is 88.5 Å². The number of rotatable bonds is 6. The van der Waals surface area contributed by atoms with Crippen molar-refractivity contribution in [3.05, 3.63) is 71.8 Å². The molecule has 0 unspecified atom stereocenters. The van der Waals surface area contributed by atoms with Gasteiger partial charge in [-0.1, -0.05) is 60.7 Å². The SMILES string of the molecule is CCOC(=O)[C@H]1C[C@@]2([C@H]3OC(C)(C)O[C@@H]13)[C@@H](O)N(Cc1ccccc1)C(=O)N2Cc1ccccc1. The molecular weight excluding hydrogens is 448 g/mol. The van der Waals surface area contributed by atoms with E-state index < -0.39 is 41.6 Å². The Morgan fingerprint density at radius 3 is 2.23 bits per heavy atom. The molecule has 2 aromatic carbocycles. The molecule has 8 nitrogen and oxygen atoms in total. The molecule has 8 heteroatoms. The van der Waals surface area contributed by atoms with E-state index in [4.69, 9.17) is 14.2 Å². The highest BCUT2D eigenvalue weighted by Crippen LogP contribution is 2.54. The largest absolute Gasteiger partial charge is 0.466 e. The van der Waals surface area contributed by atoms with Crippen molar-refractivity contribution < 1.29 is 28.9 Å². The predicted octanol–water partition coefficient (Wildman–Crippen LogP) is 3.28. The maximum atomic E-state index is 13.9. The van der Waals surface area contributed by atoms with Crippen LogP contribution in [0.15, 0.2) is 60.7 Å². The van der Waals surface area contributed by atoms with Gasteiger partial charge in [0, 0.05) is 6.54 Å². The van der Waals surface area contributed by atoms with E-state index in [0.29, 0.717) is 0 Å². The Hall–Kier alpha value is -2.94. The molecule has 2 heterocycles. The lowest BCUT2D eigenvalue weighted by molar-refractivity contribution is -0.185. The molecule has 2 aliphatic heterocycles. The molecule has 1 N–H and O–H groups in total. The molecule has 1 aliphatic carbocycles. The van der Waals surface area contributed by atoms with Crippen LogP contribution in [0.1, 0.15) is 38.3 Å². The van der Waals surface area contributed by atoms with Crippen LogP contribution < -0.4 is 0 Å². The van der Waals surface area contributed by atoms with Crippen LogP contribution in [0.4, 0.5) is 4.79 Å². The van der Waals surface area contributed by atoms with Crippen LogP contribution in [0.25, 0.3) is 0 Å². The molecular formula is C27H32N2O6. The maximum absolute atomic E-state index is 13.9. The summed E-state index contributed by atoms with van der Waals surface area (Å²) >= 11 is 0. The van der Waals surface area contributed by atoms with Crippen molar-refractivity contribution in [3.63, 3.8) is 0 Å². The second-order valence-electron chi connectivity index (χ2n) is 9.92. The van der Waals surface area contributed by atoms with Crippen LogP contribution in [0, 0.1) is 5.92 Å². The highest BCUT2D eigenvalue weighted by Gasteiger charge is 2.73. The number of aliphatic hydroxyl groups excluding tert-OH is 1. The summed E-state index contributed by atoms with van der Waals surface area (Å²) in [5.41, 5.74) is 0.637. The number of carbonyl (C=O) groups is 2. The number of fused-ring (bicyclic) bond motifs is 2. The van der Waals surface area contributed by atoms with E-state index in [1.165, 1.54) is 4.90 Å². The number of nitrogens with zero attached hydrogens (tertiary/aromatic N) is 2. The molecule has 2 aromatic rings. The van der Waals surface area contributed by atoms with Crippen molar-refractivity contribution in [1.82, 2.24) is 9.80 Å². The molecule has 186 valence electrons. The number of hydrogen-bond donors (Lipinski definition) is 1. The fourth-order valence-electron chi connectivity index (χ4n) is 5.80. The third kappa shape index (κ3) is 3.99. The Kier molecular flexibility index (Phi) is 6.07. The van der Waals surface area contributed by atoms with Gasteiger partial charge in [-0.15, -0.1) is 0 Å². The summed E-state index contributed by atoms with van der Waals surface area (Å²) in [6, 6.07) is 18.9. The number of urea groups is 1. The first kappa shape index (κ1) is 23.8. The summed E-state index contributed by atoms with van der Waals surface area (Å²) in [5, 5.41) is 11.8. The van der Waals surface area contributed by atoms with Gasteiger partial charge < -0.3 is 24.2 Å². The van der Waals surface area contributed by atoms with Gasteiger partial charge in [0.25, 0.3) is 0 Å². The molecule has 0 bridgehead atoms. The number of ether oxygens (including phenoxy) is 3. The summed E-state index contributed by atoms with van der Waals surface area (Å²) in [6.07, 6.45) is -2.36. The zero-order valence-electron chi connectivity index (χ0n) is 20.3. The molecule has 2 saturated heterocycles. The minimum absolute atomic E-state index is 0.183. The number of esters is 1. The van der Waals surface area contributed by atoms with Gasteiger partial charge in [-0.25, -0.2) is 4.79 Å². The summed E-state index contributed by atoms with van der Waals surface area (Å²) in [7, 11) is 0. The van der Waals surface area contributed by atoms with Gasteiger partial charge in [0.2, 0.25) is 0 Å². The first-order chi connectivity index (χ1) is 16.8. The number of hydrogen-bond acceptors (Lipinski definition) is 6. The van der Waals surface area contributed by atoms with Crippen LogP contribution in [0.5, 0.6) is 0 Å². The number of carbonyl (C=O) groups excluding carboxylic acids is 2. The minimum Gasteiger partial charge on any atom is -0.466 e. The maximum Gasteiger partial charge on any atom is 0.323 e. The second-order valence-corrected chi connectivity index (χ2v) is 9.92. The van der Waals surface area contributed by atoms with E-state index in [0.717, 1.165) is 11.1 Å². The monoisotopic (exact) mass is 480 g/mol. The van der Waals surface area contributed by atoms with Crippen molar-refractivity contribution >= 4 is 12.0 Å².